The second kappa shape index (κ2) is 9.49. The standard InChI is InChI=1S/C22H37BrN2O3/c1-20(2,3)14-22(7,8)24-12-15-16(23)10-11-17(27-9)19(15)28-13-18(26)25-21(4,5)6/h10-11,24H,12-14H2,1-9H3,(H,25,26). The molecule has 0 aliphatic carbocycles. The van der Waals surface area contributed by atoms with Crippen LogP contribution in [0.25, 0.3) is 0 Å². The van der Waals surface area contributed by atoms with Crippen LogP contribution in [0.5, 0.6) is 11.5 Å². The Morgan fingerprint density at radius 1 is 1.07 bits per heavy atom. The Bertz CT molecular complexity index is 674. The Kier molecular flexibility index (Phi) is 8.39. The summed E-state index contributed by atoms with van der Waals surface area (Å²) in [5.41, 5.74) is 0.794. The summed E-state index contributed by atoms with van der Waals surface area (Å²) < 4.78 is 12.3. The molecule has 0 unspecified atom stereocenters. The van der Waals surface area contributed by atoms with Crippen molar-refractivity contribution in [3.63, 3.8) is 0 Å². The molecule has 0 saturated carbocycles. The second-order valence-corrected chi connectivity index (χ2v) is 11.0. The van der Waals surface area contributed by atoms with Crippen LogP contribution < -0.4 is 20.1 Å². The first-order chi connectivity index (χ1) is 12.6. The minimum absolute atomic E-state index is 0.0539. The van der Waals surface area contributed by atoms with Crippen LogP contribution in [0.3, 0.4) is 0 Å². The number of carbonyl (C=O) groups is 1. The highest BCUT2D eigenvalue weighted by atomic mass is 79.9. The normalized spacial score (nSPS) is 12.6. The summed E-state index contributed by atoms with van der Waals surface area (Å²) in [5, 5.41) is 6.54. The van der Waals surface area contributed by atoms with Crippen molar-refractivity contribution in [2.24, 2.45) is 5.41 Å². The lowest BCUT2D eigenvalue weighted by Gasteiger charge is -2.34. The fourth-order valence-electron chi connectivity index (χ4n) is 3.37. The predicted molar refractivity (Wildman–Crippen MR) is 119 cm³/mol. The average Bonchev–Trinajstić information content (AvgIpc) is 2.47. The minimum Gasteiger partial charge on any atom is -0.493 e. The van der Waals surface area contributed by atoms with Gasteiger partial charge in [-0.15, -0.1) is 0 Å². The van der Waals surface area contributed by atoms with Crippen molar-refractivity contribution in [3.8, 4) is 11.5 Å². The fraction of sp³-hybridized carbons (Fsp3) is 0.682. The lowest BCUT2D eigenvalue weighted by Crippen LogP contribution is -2.43. The molecule has 0 radical (unpaired) electrons. The molecule has 0 fully saturated rings. The number of methoxy groups -OCH3 is 1. The predicted octanol–water partition coefficient (Wildman–Crippen LogP) is 5.06. The van der Waals surface area contributed by atoms with E-state index in [2.05, 4.69) is 61.2 Å². The molecule has 1 rings (SSSR count). The van der Waals surface area contributed by atoms with E-state index in [0.29, 0.717) is 18.0 Å². The van der Waals surface area contributed by atoms with Gasteiger partial charge in [0.25, 0.3) is 5.91 Å². The van der Waals surface area contributed by atoms with Crippen LogP contribution in [-0.4, -0.2) is 30.7 Å². The third-order valence-corrected chi connectivity index (χ3v) is 4.71. The zero-order valence-electron chi connectivity index (χ0n) is 18.9. The third-order valence-electron chi connectivity index (χ3n) is 3.97. The van der Waals surface area contributed by atoms with Gasteiger partial charge in [-0.2, -0.15) is 0 Å². The van der Waals surface area contributed by atoms with E-state index in [1.54, 1.807) is 7.11 Å². The first-order valence-corrected chi connectivity index (χ1v) is 10.5. The maximum atomic E-state index is 12.2. The average molecular weight is 457 g/mol. The molecule has 1 amide bonds. The third kappa shape index (κ3) is 8.82. The van der Waals surface area contributed by atoms with Gasteiger partial charge in [0.15, 0.2) is 18.1 Å². The zero-order chi connectivity index (χ0) is 21.8. The maximum absolute atomic E-state index is 12.2. The summed E-state index contributed by atoms with van der Waals surface area (Å²) in [6, 6.07) is 3.78. The van der Waals surface area contributed by atoms with E-state index in [1.165, 1.54) is 0 Å². The number of hydrogen-bond donors (Lipinski definition) is 2. The van der Waals surface area contributed by atoms with Gasteiger partial charge in [0.2, 0.25) is 0 Å². The number of halogens is 1. The second-order valence-electron chi connectivity index (χ2n) is 10.1. The number of nitrogens with one attached hydrogen (secondary N) is 2. The number of benzene rings is 1. The van der Waals surface area contributed by atoms with Gasteiger partial charge in [-0.1, -0.05) is 36.7 Å². The number of ether oxygens (including phenoxy) is 2. The van der Waals surface area contributed by atoms with Crippen LogP contribution in [0.15, 0.2) is 16.6 Å². The lowest BCUT2D eigenvalue weighted by atomic mass is 9.81. The smallest absolute Gasteiger partial charge is 0.258 e. The molecular formula is C22H37BrN2O3. The van der Waals surface area contributed by atoms with E-state index in [0.717, 1.165) is 16.5 Å². The van der Waals surface area contributed by atoms with Gasteiger partial charge >= 0.3 is 0 Å². The number of rotatable bonds is 8. The Morgan fingerprint density at radius 3 is 2.18 bits per heavy atom. The molecule has 0 spiro atoms. The monoisotopic (exact) mass is 456 g/mol. The Morgan fingerprint density at radius 2 is 1.68 bits per heavy atom. The molecule has 1 aromatic carbocycles. The quantitative estimate of drug-likeness (QED) is 0.573. The first-order valence-electron chi connectivity index (χ1n) is 9.68. The molecule has 0 saturated heterocycles. The Hall–Kier alpha value is -1.27. The maximum Gasteiger partial charge on any atom is 0.258 e. The molecule has 0 heterocycles. The molecule has 2 N–H and O–H groups in total. The molecule has 0 aliphatic rings. The van der Waals surface area contributed by atoms with E-state index in [-0.39, 0.29) is 29.0 Å². The molecule has 160 valence electrons. The Labute approximate surface area is 179 Å². The molecule has 5 nitrogen and oxygen atoms in total. The summed E-state index contributed by atoms with van der Waals surface area (Å²) in [4.78, 5) is 12.2. The molecule has 0 aliphatic heterocycles. The van der Waals surface area contributed by atoms with E-state index in [1.807, 2.05) is 32.9 Å². The van der Waals surface area contributed by atoms with E-state index in [4.69, 9.17) is 9.47 Å². The van der Waals surface area contributed by atoms with Crippen molar-refractivity contribution in [2.75, 3.05) is 13.7 Å². The van der Waals surface area contributed by atoms with E-state index < -0.39 is 0 Å². The Balaban J connectivity index is 3.00. The summed E-state index contributed by atoms with van der Waals surface area (Å²) in [5.74, 6) is 1.03. The van der Waals surface area contributed by atoms with Crippen LogP contribution in [0, 0.1) is 5.41 Å². The van der Waals surface area contributed by atoms with Crippen LogP contribution >= 0.6 is 15.9 Å². The fourth-order valence-corrected chi connectivity index (χ4v) is 3.83. The number of carbonyl (C=O) groups excluding carboxylic acids is 1. The first kappa shape index (κ1) is 24.8. The van der Waals surface area contributed by atoms with Crippen LogP contribution in [-0.2, 0) is 11.3 Å². The molecule has 0 atom stereocenters. The SMILES string of the molecule is COc1ccc(Br)c(CNC(C)(C)CC(C)(C)C)c1OCC(=O)NC(C)(C)C. The van der Waals surface area contributed by atoms with Crippen LogP contribution in [0.4, 0.5) is 0 Å². The van der Waals surface area contributed by atoms with Crippen LogP contribution in [0.1, 0.15) is 67.4 Å². The number of amides is 1. The van der Waals surface area contributed by atoms with Crippen molar-refractivity contribution in [2.45, 2.75) is 79.4 Å². The molecule has 0 bridgehead atoms. The number of hydrogen-bond acceptors (Lipinski definition) is 4. The summed E-state index contributed by atoms with van der Waals surface area (Å²) in [6.45, 7) is 17.5. The van der Waals surface area contributed by atoms with Crippen molar-refractivity contribution < 1.29 is 14.3 Å². The van der Waals surface area contributed by atoms with E-state index >= 15 is 0 Å². The molecule has 6 heteroatoms. The van der Waals surface area contributed by atoms with Crippen LogP contribution in [0.2, 0.25) is 0 Å². The minimum atomic E-state index is -0.302. The van der Waals surface area contributed by atoms with Crippen molar-refractivity contribution in [1.29, 1.82) is 0 Å². The highest BCUT2D eigenvalue weighted by Gasteiger charge is 2.26. The van der Waals surface area contributed by atoms with Gasteiger partial charge in [-0.3, -0.25) is 4.79 Å². The van der Waals surface area contributed by atoms with Crippen molar-refractivity contribution in [3.05, 3.63) is 22.2 Å². The van der Waals surface area contributed by atoms with Crippen molar-refractivity contribution in [1.82, 2.24) is 10.6 Å². The van der Waals surface area contributed by atoms with Crippen molar-refractivity contribution >= 4 is 21.8 Å². The summed E-state index contributed by atoms with van der Waals surface area (Å²) in [7, 11) is 1.60. The molecule has 0 aromatic heterocycles. The van der Waals surface area contributed by atoms with E-state index in [9.17, 15) is 4.79 Å². The summed E-state index contributed by atoms with van der Waals surface area (Å²) in [6.07, 6.45) is 1.02. The highest BCUT2D eigenvalue weighted by Crippen LogP contribution is 2.37. The van der Waals surface area contributed by atoms with Gasteiger partial charge in [-0.25, -0.2) is 0 Å². The van der Waals surface area contributed by atoms with Gasteiger partial charge in [0.05, 0.1) is 7.11 Å². The van der Waals surface area contributed by atoms with Gasteiger partial charge in [-0.05, 0) is 58.6 Å². The summed E-state index contributed by atoms with van der Waals surface area (Å²) >= 11 is 3.62. The molecule has 1 aromatic rings. The lowest BCUT2D eigenvalue weighted by molar-refractivity contribution is -0.124. The molecule has 28 heavy (non-hydrogen) atoms. The highest BCUT2D eigenvalue weighted by molar-refractivity contribution is 9.10. The molecular weight excluding hydrogens is 420 g/mol. The largest absolute Gasteiger partial charge is 0.493 e. The van der Waals surface area contributed by atoms with Gasteiger partial charge < -0.3 is 20.1 Å². The zero-order valence-corrected chi connectivity index (χ0v) is 20.5. The topological polar surface area (TPSA) is 59.6 Å². The van der Waals surface area contributed by atoms with Gasteiger partial charge in [0, 0.05) is 27.7 Å². The van der Waals surface area contributed by atoms with Gasteiger partial charge in [0.1, 0.15) is 0 Å².